The highest BCUT2D eigenvalue weighted by atomic mass is 16.5. The van der Waals surface area contributed by atoms with Crippen LogP contribution in [0.3, 0.4) is 0 Å². The average molecular weight is 526 g/mol. The van der Waals surface area contributed by atoms with Crippen molar-refractivity contribution in [2.75, 3.05) is 19.0 Å². The molecule has 39 heavy (non-hydrogen) atoms. The lowest BCUT2D eigenvalue weighted by atomic mass is 9.87. The van der Waals surface area contributed by atoms with Gasteiger partial charge in [0.1, 0.15) is 17.8 Å². The maximum atomic E-state index is 12.9. The number of nitrogens with zero attached hydrogens (tertiary/aromatic N) is 2. The molecule has 0 saturated heterocycles. The maximum absolute atomic E-state index is 12.9. The number of aryl methyl sites for hydroxylation is 1. The number of nitrogens with one attached hydrogen (secondary N) is 1. The molecule has 0 spiro atoms. The Bertz CT molecular complexity index is 1460. The SMILES string of the molecule is CCC(=O)N1CCc2ccc(OCc3nc(C(=O)Nc4ccc(OC)cc4)co3)cc2[C@@H]1c1ccc(C)cc1. The summed E-state index contributed by atoms with van der Waals surface area (Å²) in [6, 6.07) is 21.1. The number of amides is 2. The normalized spacial score (nSPS) is 14.4. The summed E-state index contributed by atoms with van der Waals surface area (Å²) < 4.78 is 16.6. The van der Waals surface area contributed by atoms with Crippen LogP contribution in [-0.4, -0.2) is 35.4 Å². The molecule has 3 aromatic carbocycles. The lowest BCUT2D eigenvalue weighted by Crippen LogP contribution is -2.40. The van der Waals surface area contributed by atoms with E-state index in [1.165, 1.54) is 17.4 Å². The van der Waals surface area contributed by atoms with Gasteiger partial charge in [-0.25, -0.2) is 4.98 Å². The van der Waals surface area contributed by atoms with Crippen molar-refractivity contribution in [3.63, 3.8) is 0 Å². The van der Waals surface area contributed by atoms with Crippen molar-refractivity contribution in [3.05, 3.63) is 107 Å². The molecule has 1 aliphatic heterocycles. The van der Waals surface area contributed by atoms with E-state index in [4.69, 9.17) is 13.9 Å². The Kier molecular flexibility index (Phi) is 7.63. The number of hydrogen-bond acceptors (Lipinski definition) is 6. The van der Waals surface area contributed by atoms with Crippen LogP contribution in [0.5, 0.6) is 11.5 Å². The molecule has 1 aromatic heterocycles. The van der Waals surface area contributed by atoms with Gasteiger partial charge in [-0.05, 0) is 66.4 Å². The Labute approximate surface area is 227 Å². The van der Waals surface area contributed by atoms with Crippen molar-refractivity contribution in [3.8, 4) is 11.5 Å². The van der Waals surface area contributed by atoms with Gasteiger partial charge in [-0.3, -0.25) is 9.59 Å². The van der Waals surface area contributed by atoms with Crippen LogP contribution in [0.1, 0.15) is 58.0 Å². The number of hydrogen-bond donors (Lipinski definition) is 1. The first kappa shape index (κ1) is 26.0. The second kappa shape index (κ2) is 11.4. The maximum Gasteiger partial charge on any atom is 0.277 e. The first-order chi connectivity index (χ1) is 18.9. The molecule has 1 aliphatic rings. The number of anilines is 1. The third-order valence-corrected chi connectivity index (χ3v) is 6.86. The molecule has 4 aromatic rings. The summed E-state index contributed by atoms with van der Waals surface area (Å²) in [6.07, 6.45) is 2.55. The first-order valence-corrected chi connectivity index (χ1v) is 13.0. The number of oxazole rings is 1. The zero-order chi connectivity index (χ0) is 27.4. The van der Waals surface area contributed by atoms with Gasteiger partial charge in [-0.1, -0.05) is 42.8 Å². The molecule has 2 amide bonds. The molecule has 200 valence electrons. The highest BCUT2D eigenvalue weighted by molar-refractivity contribution is 6.02. The van der Waals surface area contributed by atoms with E-state index in [0.717, 1.165) is 17.5 Å². The monoisotopic (exact) mass is 525 g/mol. The van der Waals surface area contributed by atoms with Gasteiger partial charge in [-0.2, -0.15) is 0 Å². The molecular formula is C31H31N3O5. The Balaban J connectivity index is 1.30. The molecule has 1 atom stereocenters. The largest absolute Gasteiger partial charge is 0.497 e. The van der Waals surface area contributed by atoms with E-state index < -0.39 is 0 Å². The second-order valence-electron chi connectivity index (χ2n) is 9.46. The topological polar surface area (TPSA) is 93.9 Å². The van der Waals surface area contributed by atoms with E-state index >= 15 is 0 Å². The number of carbonyl (C=O) groups excluding carboxylic acids is 2. The Hall–Kier alpha value is -4.59. The highest BCUT2D eigenvalue weighted by Gasteiger charge is 2.31. The molecule has 0 unspecified atom stereocenters. The van der Waals surface area contributed by atoms with Crippen LogP contribution in [0.25, 0.3) is 0 Å². The van der Waals surface area contributed by atoms with Crippen LogP contribution in [-0.2, 0) is 17.8 Å². The van der Waals surface area contributed by atoms with E-state index in [-0.39, 0.29) is 36.0 Å². The fraction of sp³-hybridized carbons (Fsp3) is 0.258. The predicted octanol–water partition coefficient (Wildman–Crippen LogP) is 5.71. The minimum absolute atomic E-state index is 0.0570. The van der Waals surface area contributed by atoms with Crippen LogP contribution < -0.4 is 14.8 Å². The van der Waals surface area contributed by atoms with E-state index in [9.17, 15) is 9.59 Å². The molecule has 8 nitrogen and oxygen atoms in total. The minimum atomic E-state index is -0.384. The van der Waals surface area contributed by atoms with E-state index in [0.29, 0.717) is 30.2 Å². The number of benzene rings is 3. The van der Waals surface area contributed by atoms with Crippen molar-refractivity contribution in [2.45, 2.75) is 39.3 Å². The van der Waals surface area contributed by atoms with E-state index in [1.807, 2.05) is 24.0 Å². The quantitative estimate of drug-likeness (QED) is 0.317. The molecule has 0 bridgehead atoms. The minimum Gasteiger partial charge on any atom is -0.497 e. The van der Waals surface area contributed by atoms with Crippen LogP contribution in [0.2, 0.25) is 0 Å². The van der Waals surface area contributed by atoms with Crippen molar-refractivity contribution < 1.29 is 23.5 Å². The van der Waals surface area contributed by atoms with Gasteiger partial charge < -0.3 is 24.1 Å². The lowest BCUT2D eigenvalue weighted by Gasteiger charge is -2.38. The molecular weight excluding hydrogens is 494 g/mol. The summed E-state index contributed by atoms with van der Waals surface area (Å²) in [6.45, 7) is 4.68. The van der Waals surface area contributed by atoms with Gasteiger partial charge in [0.25, 0.3) is 5.91 Å². The van der Waals surface area contributed by atoms with Crippen molar-refractivity contribution in [1.82, 2.24) is 9.88 Å². The fourth-order valence-corrected chi connectivity index (χ4v) is 4.76. The van der Waals surface area contributed by atoms with Gasteiger partial charge in [0.05, 0.1) is 13.2 Å². The van der Waals surface area contributed by atoms with Crippen LogP contribution >= 0.6 is 0 Å². The number of fused-ring (bicyclic) bond motifs is 1. The van der Waals surface area contributed by atoms with E-state index in [1.54, 1.807) is 31.4 Å². The number of methoxy groups -OCH3 is 1. The van der Waals surface area contributed by atoms with Gasteiger partial charge in [0.15, 0.2) is 12.3 Å². The average Bonchev–Trinajstić information content (AvgIpc) is 3.45. The third kappa shape index (κ3) is 5.80. The number of ether oxygens (including phenoxy) is 2. The van der Waals surface area contributed by atoms with Crippen LogP contribution in [0.4, 0.5) is 5.69 Å². The van der Waals surface area contributed by atoms with E-state index in [2.05, 4.69) is 47.6 Å². The van der Waals surface area contributed by atoms with Gasteiger partial charge in [0, 0.05) is 18.7 Å². The molecule has 0 aliphatic carbocycles. The van der Waals surface area contributed by atoms with Gasteiger partial charge in [0.2, 0.25) is 11.8 Å². The zero-order valence-corrected chi connectivity index (χ0v) is 22.3. The zero-order valence-electron chi connectivity index (χ0n) is 22.3. The standard InChI is InChI=1S/C31H31N3O5/c1-4-29(35)34-16-15-21-9-12-25(17-26(21)30(34)22-7-5-20(2)6-8-22)38-19-28-33-27(18-39-28)31(36)32-23-10-13-24(37-3)14-11-23/h5-14,17-18,30H,4,15-16,19H2,1-3H3,(H,32,36)/t30-/m0/s1. The summed E-state index contributed by atoms with van der Waals surface area (Å²) in [7, 11) is 1.58. The van der Waals surface area contributed by atoms with Crippen molar-refractivity contribution in [1.29, 1.82) is 0 Å². The number of aromatic nitrogens is 1. The molecule has 2 heterocycles. The third-order valence-electron chi connectivity index (χ3n) is 6.86. The van der Waals surface area contributed by atoms with Gasteiger partial charge >= 0.3 is 0 Å². The Morgan fingerprint density at radius 3 is 2.51 bits per heavy atom. The summed E-state index contributed by atoms with van der Waals surface area (Å²) in [5, 5.41) is 2.78. The predicted molar refractivity (Wildman–Crippen MR) is 147 cm³/mol. The molecule has 0 fully saturated rings. The van der Waals surface area contributed by atoms with Crippen molar-refractivity contribution >= 4 is 17.5 Å². The highest BCUT2D eigenvalue weighted by Crippen LogP contribution is 2.37. The Morgan fingerprint density at radius 2 is 1.79 bits per heavy atom. The summed E-state index contributed by atoms with van der Waals surface area (Å²) in [4.78, 5) is 31.7. The Morgan fingerprint density at radius 1 is 1.05 bits per heavy atom. The smallest absolute Gasteiger partial charge is 0.277 e. The summed E-state index contributed by atoms with van der Waals surface area (Å²) >= 11 is 0. The van der Waals surface area contributed by atoms with Crippen LogP contribution in [0, 0.1) is 6.92 Å². The fourth-order valence-electron chi connectivity index (χ4n) is 4.76. The van der Waals surface area contributed by atoms with Crippen LogP contribution in [0.15, 0.2) is 77.4 Å². The van der Waals surface area contributed by atoms with Crippen molar-refractivity contribution in [2.24, 2.45) is 0 Å². The lowest BCUT2D eigenvalue weighted by molar-refractivity contribution is -0.132. The molecule has 1 N–H and O–H groups in total. The number of carbonyl (C=O) groups is 2. The molecule has 0 saturated carbocycles. The van der Waals surface area contributed by atoms with Gasteiger partial charge in [-0.15, -0.1) is 0 Å². The number of rotatable bonds is 8. The summed E-state index contributed by atoms with van der Waals surface area (Å²) in [5.74, 6) is 1.36. The second-order valence-corrected chi connectivity index (χ2v) is 9.46. The molecule has 8 heteroatoms. The summed E-state index contributed by atoms with van der Waals surface area (Å²) in [5.41, 5.74) is 5.26. The first-order valence-electron chi connectivity index (χ1n) is 13.0. The molecule has 5 rings (SSSR count). The molecule has 0 radical (unpaired) electrons.